The molecule has 5 heteroatoms. The minimum atomic E-state index is -0.353. The molecule has 0 radical (unpaired) electrons. The molecule has 2 aromatic rings. The normalized spacial score (nSPS) is 10.7. The van der Waals surface area contributed by atoms with Crippen LogP contribution in [-0.4, -0.2) is 17.1 Å². The Labute approximate surface area is 134 Å². The van der Waals surface area contributed by atoms with Gasteiger partial charge >= 0.3 is 0 Å². The highest BCUT2D eigenvalue weighted by atomic mass is 19.1. The second-order valence-electron chi connectivity index (χ2n) is 5.09. The van der Waals surface area contributed by atoms with Crippen LogP contribution >= 0.6 is 0 Å². The summed E-state index contributed by atoms with van der Waals surface area (Å²) < 4.78 is 13.7. The van der Waals surface area contributed by atoms with E-state index in [0.717, 1.165) is 5.56 Å². The van der Waals surface area contributed by atoms with Crippen LogP contribution in [0.4, 0.5) is 10.1 Å². The molecule has 1 aromatic heterocycles. The predicted octanol–water partition coefficient (Wildman–Crippen LogP) is 3.66. The number of carbonyl (C=O) groups excluding carboxylic acids is 1. The van der Waals surface area contributed by atoms with Crippen LogP contribution in [0, 0.1) is 19.7 Å². The van der Waals surface area contributed by atoms with E-state index in [0.29, 0.717) is 16.9 Å². The number of benzene rings is 1. The highest BCUT2D eigenvalue weighted by Crippen LogP contribution is 2.16. The van der Waals surface area contributed by atoms with Crippen molar-refractivity contribution in [1.82, 2.24) is 10.3 Å². The fourth-order valence-corrected chi connectivity index (χ4v) is 2.05. The lowest BCUT2D eigenvalue weighted by molar-refractivity contribution is 0.0945. The average molecular weight is 311 g/mol. The van der Waals surface area contributed by atoms with Crippen LogP contribution in [0.15, 0.2) is 48.0 Å². The molecular weight excluding hydrogens is 293 g/mol. The van der Waals surface area contributed by atoms with Crippen LogP contribution in [0.25, 0.3) is 0 Å². The third-order valence-electron chi connectivity index (χ3n) is 3.25. The van der Waals surface area contributed by atoms with E-state index in [1.807, 2.05) is 6.92 Å². The SMILES string of the molecule is C=CC=Nc1ccc(C(=O)NCc2cc(C)ccc2F)nc1C. The van der Waals surface area contributed by atoms with Gasteiger partial charge in [-0.1, -0.05) is 30.4 Å². The third-order valence-corrected chi connectivity index (χ3v) is 3.25. The molecule has 0 spiro atoms. The maximum absolute atomic E-state index is 13.7. The number of pyridine rings is 1. The van der Waals surface area contributed by atoms with Crippen LogP contribution in [0.1, 0.15) is 27.3 Å². The molecule has 0 aliphatic rings. The number of nitrogens with zero attached hydrogens (tertiary/aromatic N) is 2. The fraction of sp³-hybridized carbons (Fsp3) is 0.167. The highest BCUT2D eigenvalue weighted by Gasteiger charge is 2.10. The minimum Gasteiger partial charge on any atom is -0.347 e. The van der Waals surface area contributed by atoms with Gasteiger partial charge in [-0.25, -0.2) is 9.37 Å². The summed E-state index contributed by atoms with van der Waals surface area (Å²) >= 11 is 0. The molecule has 0 saturated heterocycles. The zero-order valence-corrected chi connectivity index (χ0v) is 13.1. The van der Waals surface area contributed by atoms with E-state index in [4.69, 9.17) is 0 Å². The summed E-state index contributed by atoms with van der Waals surface area (Å²) in [5.74, 6) is -0.692. The van der Waals surface area contributed by atoms with E-state index in [1.54, 1.807) is 43.5 Å². The summed E-state index contributed by atoms with van der Waals surface area (Å²) in [6.07, 6.45) is 3.13. The number of allylic oxidation sites excluding steroid dienone is 1. The first-order valence-electron chi connectivity index (χ1n) is 7.17. The molecule has 0 aliphatic carbocycles. The number of nitrogens with one attached hydrogen (secondary N) is 1. The summed E-state index contributed by atoms with van der Waals surface area (Å²) in [7, 11) is 0. The maximum atomic E-state index is 13.7. The number of hydrogen-bond donors (Lipinski definition) is 1. The minimum absolute atomic E-state index is 0.115. The number of aliphatic imine (C=N–C) groups is 1. The molecule has 118 valence electrons. The Kier molecular flexibility index (Phi) is 5.36. The molecule has 1 N–H and O–H groups in total. The van der Waals surface area contributed by atoms with Crippen molar-refractivity contribution in [2.24, 2.45) is 4.99 Å². The quantitative estimate of drug-likeness (QED) is 0.857. The Morgan fingerprint density at radius 2 is 2.13 bits per heavy atom. The summed E-state index contributed by atoms with van der Waals surface area (Å²) in [5, 5.41) is 2.68. The van der Waals surface area contributed by atoms with E-state index in [9.17, 15) is 9.18 Å². The standard InChI is InChI=1S/C18H18FN3O/c1-4-9-20-16-7-8-17(22-13(16)3)18(23)21-11-14-10-12(2)5-6-15(14)19/h4-10H,1,11H2,2-3H3,(H,21,23). The number of aryl methyl sites for hydroxylation is 2. The van der Waals surface area contributed by atoms with Crippen molar-refractivity contribution >= 4 is 17.8 Å². The Hall–Kier alpha value is -2.82. The molecule has 2 rings (SSSR count). The van der Waals surface area contributed by atoms with Crippen molar-refractivity contribution < 1.29 is 9.18 Å². The van der Waals surface area contributed by atoms with Crippen molar-refractivity contribution in [3.05, 3.63) is 71.3 Å². The zero-order valence-electron chi connectivity index (χ0n) is 13.1. The van der Waals surface area contributed by atoms with Gasteiger partial charge in [0.1, 0.15) is 11.5 Å². The van der Waals surface area contributed by atoms with Gasteiger partial charge in [-0.15, -0.1) is 0 Å². The van der Waals surface area contributed by atoms with E-state index < -0.39 is 0 Å². The van der Waals surface area contributed by atoms with Crippen LogP contribution in [0.2, 0.25) is 0 Å². The molecule has 1 heterocycles. The van der Waals surface area contributed by atoms with Crippen LogP contribution < -0.4 is 5.32 Å². The molecule has 0 unspecified atom stereocenters. The Morgan fingerprint density at radius 3 is 2.83 bits per heavy atom. The van der Waals surface area contributed by atoms with Gasteiger partial charge in [-0.2, -0.15) is 0 Å². The molecule has 4 nitrogen and oxygen atoms in total. The Bertz CT molecular complexity index is 769. The molecule has 23 heavy (non-hydrogen) atoms. The van der Waals surface area contributed by atoms with E-state index in [-0.39, 0.29) is 24.0 Å². The number of aromatic nitrogens is 1. The number of rotatable bonds is 5. The van der Waals surface area contributed by atoms with Gasteiger partial charge in [0.05, 0.1) is 11.4 Å². The zero-order chi connectivity index (χ0) is 16.8. The summed E-state index contributed by atoms with van der Waals surface area (Å²) in [6.45, 7) is 7.31. The fourth-order valence-electron chi connectivity index (χ4n) is 2.05. The molecule has 0 bridgehead atoms. The molecule has 0 atom stereocenters. The predicted molar refractivity (Wildman–Crippen MR) is 89.6 cm³/mol. The lowest BCUT2D eigenvalue weighted by Gasteiger charge is -2.08. The molecular formula is C18H18FN3O. The van der Waals surface area contributed by atoms with E-state index >= 15 is 0 Å². The van der Waals surface area contributed by atoms with Crippen LogP contribution in [0.3, 0.4) is 0 Å². The molecule has 0 saturated carbocycles. The molecule has 0 aliphatic heterocycles. The first-order valence-corrected chi connectivity index (χ1v) is 7.17. The van der Waals surface area contributed by atoms with Crippen LogP contribution in [-0.2, 0) is 6.54 Å². The first kappa shape index (κ1) is 16.5. The van der Waals surface area contributed by atoms with Crippen molar-refractivity contribution in [2.45, 2.75) is 20.4 Å². The number of halogens is 1. The van der Waals surface area contributed by atoms with Gasteiger partial charge in [-0.3, -0.25) is 9.79 Å². The number of amides is 1. The van der Waals surface area contributed by atoms with Gasteiger partial charge in [0, 0.05) is 18.3 Å². The van der Waals surface area contributed by atoms with Gasteiger partial charge in [0.25, 0.3) is 5.91 Å². The molecule has 0 fully saturated rings. The summed E-state index contributed by atoms with van der Waals surface area (Å²) in [6, 6.07) is 8.09. The number of carbonyl (C=O) groups is 1. The largest absolute Gasteiger partial charge is 0.347 e. The lowest BCUT2D eigenvalue weighted by atomic mass is 10.1. The molecule has 1 aromatic carbocycles. The van der Waals surface area contributed by atoms with Gasteiger partial charge in [0.15, 0.2) is 0 Å². The second-order valence-corrected chi connectivity index (χ2v) is 5.09. The van der Waals surface area contributed by atoms with Crippen molar-refractivity contribution in [3.63, 3.8) is 0 Å². The highest BCUT2D eigenvalue weighted by molar-refractivity contribution is 5.92. The van der Waals surface area contributed by atoms with Gasteiger partial charge in [-0.05, 0) is 32.0 Å². The maximum Gasteiger partial charge on any atom is 0.270 e. The summed E-state index contributed by atoms with van der Waals surface area (Å²) in [4.78, 5) is 20.5. The van der Waals surface area contributed by atoms with Crippen molar-refractivity contribution in [3.8, 4) is 0 Å². The summed E-state index contributed by atoms with van der Waals surface area (Å²) in [5.41, 5.74) is 2.97. The Morgan fingerprint density at radius 1 is 1.35 bits per heavy atom. The van der Waals surface area contributed by atoms with Crippen LogP contribution in [0.5, 0.6) is 0 Å². The third kappa shape index (κ3) is 4.32. The van der Waals surface area contributed by atoms with E-state index in [1.165, 1.54) is 6.07 Å². The Balaban J connectivity index is 2.09. The van der Waals surface area contributed by atoms with Crippen molar-refractivity contribution in [1.29, 1.82) is 0 Å². The van der Waals surface area contributed by atoms with Crippen molar-refractivity contribution in [2.75, 3.05) is 0 Å². The smallest absolute Gasteiger partial charge is 0.270 e. The topological polar surface area (TPSA) is 54.4 Å². The molecule has 1 amide bonds. The monoisotopic (exact) mass is 311 g/mol. The second kappa shape index (κ2) is 7.45. The van der Waals surface area contributed by atoms with E-state index in [2.05, 4.69) is 21.9 Å². The average Bonchev–Trinajstić information content (AvgIpc) is 2.54. The first-order chi connectivity index (χ1) is 11.0. The number of hydrogen-bond acceptors (Lipinski definition) is 3. The van der Waals surface area contributed by atoms with Gasteiger partial charge in [0.2, 0.25) is 0 Å². The van der Waals surface area contributed by atoms with Gasteiger partial charge < -0.3 is 5.32 Å². The lowest BCUT2D eigenvalue weighted by Crippen LogP contribution is -2.24.